The van der Waals surface area contributed by atoms with Crippen molar-refractivity contribution in [3.8, 4) is 22.8 Å². The van der Waals surface area contributed by atoms with Gasteiger partial charge in [0.25, 0.3) is 0 Å². The minimum Gasteiger partial charge on any atom is -0.493 e. The Kier molecular flexibility index (Phi) is 5.98. The zero-order chi connectivity index (χ0) is 20.1. The minimum absolute atomic E-state index is 0.0389. The van der Waals surface area contributed by atoms with E-state index in [4.69, 9.17) is 23.3 Å². The van der Waals surface area contributed by atoms with Gasteiger partial charge < -0.3 is 23.3 Å². The molecule has 3 rings (SSSR count). The third-order valence-electron chi connectivity index (χ3n) is 4.37. The van der Waals surface area contributed by atoms with Crippen LogP contribution >= 0.6 is 0 Å². The van der Waals surface area contributed by atoms with Gasteiger partial charge >= 0.3 is 5.97 Å². The lowest BCUT2D eigenvalue weighted by molar-refractivity contribution is -0.145. The molecule has 28 heavy (non-hydrogen) atoms. The van der Waals surface area contributed by atoms with E-state index in [2.05, 4.69) is 10.3 Å². The van der Waals surface area contributed by atoms with E-state index in [0.29, 0.717) is 29.4 Å². The average molecular weight is 386 g/mol. The SMILES string of the molecule is COc1ccc(-c2cc(COC(=O)CCc3c(C)noc3C)no2)cc1OC. The fourth-order valence-electron chi connectivity index (χ4n) is 2.82. The Labute approximate surface area is 162 Å². The first-order chi connectivity index (χ1) is 13.5. The summed E-state index contributed by atoms with van der Waals surface area (Å²) in [6.07, 6.45) is 0.763. The Morgan fingerprint density at radius 3 is 2.50 bits per heavy atom. The number of hydrogen-bond donors (Lipinski definition) is 0. The number of methoxy groups -OCH3 is 2. The smallest absolute Gasteiger partial charge is 0.306 e. The second-order valence-electron chi connectivity index (χ2n) is 6.22. The number of aromatic nitrogens is 2. The number of ether oxygens (including phenoxy) is 3. The molecule has 2 heterocycles. The van der Waals surface area contributed by atoms with Crippen LogP contribution in [0.3, 0.4) is 0 Å². The molecule has 0 spiro atoms. The number of benzene rings is 1. The highest BCUT2D eigenvalue weighted by Gasteiger charge is 2.14. The highest BCUT2D eigenvalue weighted by molar-refractivity contribution is 5.70. The second-order valence-corrected chi connectivity index (χ2v) is 6.22. The van der Waals surface area contributed by atoms with E-state index < -0.39 is 0 Å². The molecular weight excluding hydrogens is 364 g/mol. The molecule has 0 atom stereocenters. The molecule has 0 amide bonds. The van der Waals surface area contributed by atoms with Crippen molar-refractivity contribution in [2.24, 2.45) is 0 Å². The van der Waals surface area contributed by atoms with Crippen molar-refractivity contribution < 1.29 is 28.1 Å². The quantitative estimate of drug-likeness (QED) is 0.541. The molecule has 8 heteroatoms. The summed E-state index contributed by atoms with van der Waals surface area (Å²) in [6.45, 7) is 3.71. The van der Waals surface area contributed by atoms with Gasteiger partial charge in [-0.15, -0.1) is 0 Å². The molecule has 2 aromatic heterocycles. The summed E-state index contributed by atoms with van der Waals surface area (Å²) in [5.41, 5.74) is 3.03. The first-order valence-corrected chi connectivity index (χ1v) is 8.77. The van der Waals surface area contributed by atoms with Gasteiger partial charge in [-0.1, -0.05) is 10.3 Å². The Morgan fingerprint density at radius 2 is 1.82 bits per heavy atom. The number of rotatable bonds is 8. The standard InChI is InChI=1S/C20H22N2O6/c1-12-16(13(2)27-21-12)6-8-20(23)26-11-15-10-18(28-22-15)14-5-7-17(24-3)19(9-14)25-4/h5,7,9-10H,6,8,11H2,1-4H3. The highest BCUT2D eigenvalue weighted by atomic mass is 16.5. The number of hydrogen-bond acceptors (Lipinski definition) is 8. The van der Waals surface area contributed by atoms with Crippen molar-refractivity contribution in [1.29, 1.82) is 0 Å². The Morgan fingerprint density at radius 1 is 1.04 bits per heavy atom. The summed E-state index contributed by atoms with van der Waals surface area (Å²) in [7, 11) is 3.14. The molecule has 0 N–H and O–H groups in total. The first-order valence-electron chi connectivity index (χ1n) is 8.77. The molecule has 0 fully saturated rings. The maximum atomic E-state index is 12.0. The van der Waals surface area contributed by atoms with Crippen LogP contribution in [-0.2, 0) is 22.6 Å². The van der Waals surface area contributed by atoms with Gasteiger partial charge in [-0.3, -0.25) is 4.79 Å². The summed E-state index contributed by atoms with van der Waals surface area (Å²) < 4.78 is 26.2. The number of esters is 1. The second kappa shape index (κ2) is 8.60. The fraction of sp³-hybridized carbons (Fsp3) is 0.350. The molecule has 0 saturated carbocycles. The van der Waals surface area contributed by atoms with Crippen LogP contribution in [0, 0.1) is 13.8 Å². The molecule has 0 aliphatic carbocycles. The van der Waals surface area contributed by atoms with Gasteiger partial charge in [-0.25, -0.2) is 0 Å². The van der Waals surface area contributed by atoms with Crippen LogP contribution < -0.4 is 9.47 Å². The number of carbonyl (C=O) groups is 1. The van der Waals surface area contributed by atoms with Crippen LogP contribution in [0.2, 0.25) is 0 Å². The minimum atomic E-state index is -0.323. The average Bonchev–Trinajstić information content (AvgIpc) is 3.31. The largest absolute Gasteiger partial charge is 0.493 e. The van der Waals surface area contributed by atoms with Crippen molar-refractivity contribution in [2.75, 3.05) is 14.2 Å². The summed E-state index contributed by atoms with van der Waals surface area (Å²) in [5, 5.41) is 7.83. The van der Waals surface area contributed by atoms with Gasteiger partial charge in [0.15, 0.2) is 17.3 Å². The lowest BCUT2D eigenvalue weighted by Crippen LogP contribution is -2.06. The van der Waals surface area contributed by atoms with Crippen molar-refractivity contribution in [3.05, 3.63) is 47.0 Å². The van der Waals surface area contributed by atoms with E-state index in [9.17, 15) is 4.79 Å². The summed E-state index contributed by atoms with van der Waals surface area (Å²) in [5.74, 6) is 2.15. The van der Waals surface area contributed by atoms with Crippen LogP contribution in [-0.4, -0.2) is 30.5 Å². The van der Waals surface area contributed by atoms with Gasteiger partial charge in [0, 0.05) is 23.6 Å². The Bertz CT molecular complexity index is 940. The monoisotopic (exact) mass is 386 g/mol. The van der Waals surface area contributed by atoms with Gasteiger partial charge in [-0.05, 0) is 38.5 Å². The van der Waals surface area contributed by atoms with Crippen molar-refractivity contribution >= 4 is 5.97 Å². The molecule has 1 aromatic carbocycles. The van der Waals surface area contributed by atoms with Crippen LogP contribution in [0.15, 0.2) is 33.3 Å². The topological polar surface area (TPSA) is 96.8 Å². The first kappa shape index (κ1) is 19.5. The third kappa shape index (κ3) is 4.33. The Hall–Kier alpha value is -3.29. The van der Waals surface area contributed by atoms with Crippen LogP contribution in [0.4, 0.5) is 0 Å². The molecule has 0 radical (unpaired) electrons. The molecule has 0 unspecified atom stereocenters. The summed E-state index contributed by atoms with van der Waals surface area (Å²) >= 11 is 0. The molecule has 0 bridgehead atoms. The van der Waals surface area contributed by atoms with Gasteiger partial charge in [0.05, 0.1) is 19.9 Å². The van der Waals surface area contributed by atoms with Gasteiger partial charge in [0.1, 0.15) is 18.1 Å². The van der Waals surface area contributed by atoms with E-state index in [-0.39, 0.29) is 19.0 Å². The van der Waals surface area contributed by atoms with Gasteiger partial charge in [0.2, 0.25) is 0 Å². The number of carbonyl (C=O) groups excluding carboxylic acids is 1. The Balaban J connectivity index is 1.57. The molecule has 8 nitrogen and oxygen atoms in total. The molecular formula is C20H22N2O6. The van der Waals surface area contributed by atoms with E-state index >= 15 is 0 Å². The molecule has 0 aliphatic rings. The van der Waals surface area contributed by atoms with Crippen molar-refractivity contribution in [2.45, 2.75) is 33.3 Å². The van der Waals surface area contributed by atoms with Crippen LogP contribution in [0.25, 0.3) is 11.3 Å². The van der Waals surface area contributed by atoms with E-state index in [1.807, 2.05) is 19.9 Å². The molecule has 3 aromatic rings. The molecule has 0 saturated heterocycles. The van der Waals surface area contributed by atoms with Crippen molar-refractivity contribution in [3.63, 3.8) is 0 Å². The number of nitrogens with zero attached hydrogens (tertiary/aromatic N) is 2. The van der Waals surface area contributed by atoms with E-state index in [0.717, 1.165) is 22.6 Å². The predicted octanol–water partition coefficient (Wildman–Crippen LogP) is 3.64. The maximum Gasteiger partial charge on any atom is 0.306 e. The summed E-state index contributed by atoms with van der Waals surface area (Å²) in [6, 6.07) is 7.13. The zero-order valence-electron chi connectivity index (χ0n) is 16.3. The van der Waals surface area contributed by atoms with E-state index in [1.54, 1.807) is 32.4 Å². The maximum absolute atomic E-state index is 12.0. The summed E-state index contributed by atoms with van der Waals surface area (Å²) in [4.78, 5) is 12.0. The van der Waals surface area contributed by atoms with Crippen molar-refractivity contribution in [1.82, 2.24) is 10.3 Å². The van der Waals surface area contributed by atoms with Gasteiger partial charge in [-0.2, -0.15) is 0 Å². The third-order valence-corrected chi connectivity index (χ3v) is 4.37. The number of aryl methyl sites for hydroxylation is 2. The lowest BCUT2D eigenvalue weighted by atomic mass is 10.1. The van der Waals surface area contributed by atoms with Crippen LogP contribution in [0.1, 0.15) is 29.1 Å². The molecule has 0 aliphatic heterocycles. The highest BCUT2D eigenvalue weighted by Crippen LogP contribution is 2.32. The lowest BCUT2D eigenvalue weighted by Gasteiger charge is -2.07. The fourth-order valence-corrected chi connectivity index (χ4v) is 2.82. The van der Waals surface area contributed by atoms with Crippen LogP contribution in [0.5, 0.6) is 11.5 Å². The van der Waals surface area contributed by atoms with E-state index in [1.165, 1.54) is 0 Å². The molecule has 148 valence electrons. The zero-order valence-corrected chi connectivity index (χ0v) is 16.3. The predicted molar refractivity (Wildman–Crippen MR) is 99.1 cm³/mol. The normalized spacial score (nSPS) is 10.7.